The normalized spacial score (nSPS) is 10.2. The lowest BCUT2D eigenvalue weighted by molar-refractivity contribution is -0.109. The second-order valence-corrected chi connectivity index (χ2v) is 5.63. The number of rotatable bonds is 7. The van der Waals surface area contributed by atoms with Crippen LogP contribution in [-0.2, 0) is 4.79 Å². The second-order valence-electron chi connectivity index (χ2n) is 4.41. The van der Waals surface area contributed by atoms with Crippen LogP contribution in [0.2, 0.25) is 0 Å². The minimum atomic E-state index is -0.0964. The third-order valence-electron chi connectivity index (χ3n) is 2.70. The van der Waals surface area contributed by atoms with Crippen molar-refractivity contribution in [2.45, 2.75) is 44.4 Å². The number of carbonyl (C=O) groups excluding carboxylic acids is 2. The van der Waals surface area contributed by atoms with E-state index >= 15 is 0 Å². The Labute approximate surface area is 119 Å². The molecule has 0 bridgehead atoms. The van der Waals surface area contributed by atoms with Crippen LogP contribution in [0.25, 0.3) is 0 Å². The molecule has 1 aromatic rings. The Kier molecular flexibility index (Phi) is 7.26. The Morgan fingerprint density at radius 3 is 2.58 bits per heavy atom. The van der Waals surface area contributed by atoms with Gasteiger partial charge in [0.25, 0.3) is 5.91 Å². The molecule has 3 nitrogen and oxygen atoms in total. The fourth-order valence-electron chi connectivity index (χ4n) is 1.75. The standard InChI is InChI=1S/C15H21NO2S/c1-3-4-5-8-11-16-15(18)13-9-6-7-10-14(13)19-12(2)17/h6-7,9-10H,3-5,8,11H2,1-2H3,(H,16,18). The number of hydrogen-bond donors (Lipinski definition) is 1. The molecule has 0 heterocycles. The van der Waals surface area contributed by atoms with Crippen molar-refractivity contribution in [2.24, 2.45) is 0 Å². The minimum Gasteiger partial charge on any atom is -0.352 e. The van der Waals surface area contributed by atoms with Crippen LogP contribution in [0, 0.1) is 0 Å². The molecule has 0 spiro atoms. The molecule has 0 aliphatic carbocycles. The van der Waals surface area contributed by atoms with Gasteiger partial charge in [0.1, 0.15) is 0 Å². The maximum atomic E-state index is 12.0. The van der Waals surface area contributed by atoms with Gasteiger partial charge in [0.05, 0.1) is 5.56 Å². The van der Waals surface area contributed by atoms with Crippen molar-refractivity contribution in [1.29, 1.82) is 0 Å². The third kappa shape index (κ3) is 5.92. The molecule has 0 radical (unpaired) electrons. The summed E-state index contributed by atoms with van der Waals surface area (Å²) in [6.45, 7) is 4.36. The maximum absolute atomic E-state index is 12.0. The first-order valence-electron chi connectivity index (χ1n) is 6.70. The van der Waals surface area contributed by atoms with Gasteiger partial charge in [0.15, 0.2) is 5.12 Å². The second kappa shape index (κ2) is 8.75. The molecule has 1 N–H and O–H groups in total. The van der Waals surface area contributed by atoms with Gasteiger partial charge in [-0.05, 0) is 18.6 Å². The summed E-state index contributed by atoms with van der Waals surface area (Å²) in [4.78, 5) is 23.9. The van der Waals surface area contributed by atoms with Gasteiger partial charge in [-0.1, -0.05) is 50.1 Å². The van der Waals surface area contributed by atoms with Gasteiger partial charge >= 0.3 is 0 Å². The van der Waals surface area contributed by atoms with E-state index in [-0.39, 0.29) is 11.0 Å². The monoisotopic (exact) mass is 279 g/mol. The van der Waals surface area contributed by atoms with E-state index in [1.54, 1.807) is 12.1 Å². The lowest BCUT2D eigenvalue weighted by Crippen LogP contribution is -2.25. The highest BCUT2D eigenvalue weighted by molar-refractivity contribution is 8.13. The van der Waals surface area contributed by atoms with E-state index < -0.39 is 0 Å². The molecular formula is C15H21NO2S. The molecule has 0 saturated heterocycles. The van der Waals surface area contributed by atoms with Gasteiger partial charge in [0, 0.05) is 18.4 Å². The van der Waals surface area contributed by atoms with Crippen LogP contribution in [-0.4, -0.2) is 17.6 Å². The maximum Gasteiger partial charge on any atom is 0.252 e. The molecule has 1 rings (SSSR count). The Balaban J connectivity index is 2.54. The van der Waals surface area contributed by atoms with Crippen LogP contribution in [0.15, 0.2) is 29.2 Å². The van der Waals surface area contributed by atoms with Crippen LogP contribution < -0.4 is 5.32 Å². The predicted molar refractivity (Wildman–Crippen MR) is 79.5 cm³/mol. The first-order chi connectivity index (χ1) is 9.15. The van der Waals surface area contributed by atoms with Crippen molar-refractivity contribution in [3.63, 3.8) is 0 Å². The smallest absolute Gasteiger partial charge is 0.252 e. The van der Waals surface area contributed by atoms with Crippen LogP contribution in [0.1, 0.15) is 49.9 Å². The van der Waals surface area contributed by atoms with Crippen molar-refractivity contribution in [1.82, 2.24) is 5.32 Å². The SMILES string of the molecule is CCCCCCNC(=O)c1ccccc1SC(C)=O. The van der Waals surface area contributed by atoms with Crippen LogP contribution in [0.4, 0.5) is 0 Å². The summed E-state index contributed by atoms with van der Waals surface area (Å²) >= 11 is 1.10. The number of thioether (sulfide) groups is 1. The van der Waals surface area contributed by atoms with Gasteiger partial charge in [0.2, 0.25) is 0 Å². The fraction of sp³-hybridized carbons (Fsp3) is 0.467. The average Bonchev–Trinajstić information content (AvgIpc) is 2.38. The zero-order valence-electron chi connectivity index (χ0n) is 11.6. The summed E-state index contributed by atoms with van der Waals surface area (Å²) < 4.78 is 0. The van der Waals surface area contributed by atoms with Crippen molar-refractivity contribution >= 4 is 22.8 Å². The zero-order valence-corrected chi connectivity index (χ0v) is 12.4. The molecule has 1 amide bonds. The van der Waals surface area contributed by atoms with Crippen molar-refractivity contribution < 1.29 is 9.59 Å². The van der Waals surface area contributed by atoms with Crippen molar-refractivity contribution in [3.05, 3.63) is 29.8 Å². The summed E-state index contributed by atoms with van der Waals surface area (Å²) in [5.74, 6) is -0.0964. The number of hydrogen-bond acceptors (Lipinski definition) is 3. The van der Waals surface area contributed by atoms with E-state index in [1.807, 2.05) is 12.1 Å². The molecule has 0 fully saturated rings. The first kappa shape index (κ1) is 15.8. The van der Waals surface area contributed by atoms with E-state index in [0.29, 0.717) is 12.1 Å². The van der Waals surface area contributed by atoms with E-state index in [9.17, 15) is 9.59 Å². The molecule has 104 valence electrons. The van der Waals surface area contributed by atoms with E-state index in [2.05, 4.69) is 12.2 Å². The molecule has 0 aromatic heterocycles. The first-order valence-corrected chi connectivity index (χ1v) is 7.52. The number of unbranched alkanes of at least 4 members (excludes halogenated alkanes) is 3. The van der Waals surface area contributed by atoms with E-state index in [4.69, 9.17) is 0 Å². The summed E-state index contributed by atoms with van der Waals surface area (Å²) in [5.41, 5.74) is 0.582. The summed E-state index contributed by atoms with van der Waals surface area (Å²) in [7, 11) is 0. The zero-order chi connectivity index (χ0) is 14.1. The van der Waals surface area contributed by atoms with Gasteiger partial charge < -0.3 is 5.32 Å². The lowest BCUT2D eigenvalue weighted by Gasteiger charge is -2.08. The Morgan fingerprint density at radius 1 is 1.16 bits per heavy atom. The van der Waals surface area contributed by atoms with Crippen LogP contribution >= 0.6 is 11.8 Å². The molecule has 0 aliphatic heterocycles. The Bertz CT molecular complexity index is 432. The fourth-order valence-corrected chi connectivity index (χ4v) is 2.47. The summed E-state index contributed by atoms with van der Waals surface area (Å²) in [6, 6.07) is 7.21. The van der Waals surface area contributed by atoms with Crippen molar-refractivity contribution in [2.75, 3.05) is 6.54 Å². The molecule has 0 atom stereocenters. The molecule has 0 saturated carbocycles. The average molecular weight is 279 g/mol. The van der Waals surface area contributed by atoms with Gasteiger partial charge in [-0.25, -0.2) is 0 Å². The number of carbonyl (C=O) groups is 2. The highest BCUT2D eigenvalue weighted by atomic mass is 32.2. The van der Waals surface area contributed by atoms with Gasteiger partial charge in [-0.2, -0.15) is 0 Å². The third-order valence-corrected chi connectivity index (χ3v) is 3.56. The molecule has 0 aliphatic rings. The molecule has 19 heavy (non-hydrogen) atoms. The highest BCUT2D eigenvalue weighted by Crippen LogP contribution is 2.23. The number of amides is 1. The minimum absolute atomic E-state index is 0.0109. The molecule has 4 heteroatoms. The highest BCUT2D eigenvalue weighted by Gasteiger charge is 2.11. The van der Waals surface area contributed by atoms with Gasteiger partial charge in [-0.15, -0.1) is 0 Å². The summed E-state index contributed by atoms with van der Waals surface area (Å²) in [6.07, 6.45) is 4.53. The number of benzene rings is 1. The lowest BCUT2D eigenvalue weighted by atomic mass is 10.2. The van der Waals surface area contributed by atoms with E-state index in [1.165, 1.54) is 19.8 Å². The van der Waals surface area contributed by atoms with Crippen molar-refractivity contribution in [3.8, 4) is 0 Å². The quantitative estimate of drug-likeness (QED) is 0.612. The predicted octanol–water partition coefficient (Wildman–Crippen LogP) is 3.64. The molecular weight excluding hydrogens is 258 g/mol. The number of nitrogens with one attached hydrogen (secondary N) is 1. The van der Waals surface area contributed by atoms with Gasteiger partial charge in [-0.3, -0.25) is 9.59 Å². The molecule has 0 unspecified atom stereocenters. The topological polar surface area (TPSA) is 46.2 Å². The summed E-state index contributed by atoms with van der Waals surface area (Å²) in [5, 5.41) is 2.90. The van der Waals surface area contributed by atoms with E-state index in [0.717, 1.165) is 29.5 Å². The Hall–Kier alpha value is -1.29. The molecule has 1 aromatic carbocycles. The van der Waals surface area contributed by atoms with Crippen LogP contribution in [0.5, 0.6) is 0 Å². The Morgan fingerprint density at radius 2 is 1.89 bits per heavy atom. The van der Waals surface area contributed by atoms with Crippen LogP contribution in [0.3, 0.4) is 0 Å². The largest absolute Gasteiger partial charge is 0.352 e.